The van der Waals surface area contributed by atoms with Crippen molar-refractivity contribution < 1.29 is 28.9 Å². The van der Waals surface area contributed by atoms with E-state index >= 15 is 0 Å². The summed E-state index contributed by atoms with van der Waals surface area (Å²) in [5.41, 5.74) is 1.72. The molecule has 35 heavy (non-hydrogen) atoms. The number of carboxylic acid groups (broad SMARTS) is 1. The van der Waals surface area contributed by atoms with E-state index in [4.69, 9.17) is 14.2 Å². The summed E-state index contributed by atoms with van der Waals surface area (Å²) in [5.74, 6) is 0.495. The highest BCUT2D eigenvalue weighted by Crippen LogP contribution is 2.38. The van der Waals surface area contributed by atoms with E-state index in [1.165, 1.54) is 0 Å². The van der Waals surface area contributed by atoms with Gasteiger partial charge in [-0.25, -0.2) is 0 Å². The zero-order valence-electron chi connectivity index (χ0n) is 19.2. The molecule has 3 aromatic carbocycles. The summed E-state index contributed by atoms with van der Waals surface area (Å²) in [6.07, 6.45) is 6.95. The first-order chi connectivity index (χ1) is 17.0. The molecular weight excluding hydrogens is 446 g/mol. The molecule has 7 nitrogen and oxygen atoms in total. The fourth-order valence-corrected chi connectivity index (χ4v) is 4.63. The van der Waals surface area contributed by atoms with Gasteiger partial charge < -0.3 is 24.6 Å². The number of benzene rings is 3. The Hall–Kier alpha value is -4.00. The maximum atomic E-state index is 12.3. The Labute approximate surface area is 203 Å². The van der Waals surface area contributed by atoms with E-state index in [1.807, 2.05) is 54.6 Å². The van der Waals surface area contributed by atoms with Crippen LogP contribution in [-0.4, -0.2) is 36.4 Å². The van der Waals surface area contributed by atoms with Crippen LogP contribution in [-0.2, 0) is 9.59 Å². The van der Waals surface area contributed by atoms with Crippen LogP contribution in [0.5, 0.6) is 17.2 Å². The van der Waals surface area contributed by atoms with Gasteiger partial charge in [0.1, 0.15) is 5.75 Å². The lowest BCUT2D eigenvalue weighted by Crippen LogP contribution is -2.38. The molecule has 7 heteroatoms. The summed E-state index contributed by atoms with van der Waals surface area (Å²) >= 11 is 0. The molecule has 2 aliphatic rings. The molecule has 0 saturated carbocycles. The molecule has 0 fully saturated rings. The smallest absolute Gasteiger partial charge is 0.304 e. The second kappa shape index (κ2) is 10.1. The number of aliphatic carboxylic acids is 1. The Morgan fingerprint density at radius 2 is 1.77 bits per heavy atom. The number of allylic oxidation sites excluding steroid dienone is 1. The number of fused-ring (bicyclic) bond motifs is 2. The molecule has 0 spiro atoms. The number of ether oxygens (including phenoxy) is 3. The highest BCUT2D eigenvalue weighted by molar-refractivity contribution is 5.85. The molecular formula is C28H27NO6. The average molecular weight is 474 g/mol. The van der Waals surface area contributed by atoms with Crippen molar-refractivity contribution in [2.24, 2.45) is 0 Å². The average Bonchev–Trinajstić information content (AvgIpc) is 3.34. The lowest BCUT2D eigenvalue weighted by atomic mass is 9.87. The zero-order valence-corrected chi connectivity index (χ0v) is 19.2. The Bertz CT molecular complexity index is 1280. The van der Waals surface area contributed by atoms with Crippen molar-refractivity contribution in [1.29, 1.82) is 0 Å². The number of amides is 1. The molecule has 0 saturated heterocycles. The molecule has 2 unspecified atom stereocenters. The van der Waals surface area contributed by atoms with Gasteiger partial charge in [0, 0.05) is 12.0 Å². The lowest BCUT2D eigenvalue weighted by Gasteiger charge is -2.19. The van der Waals surface area contributed by atoms with Crippen molar-refractivity contribution in [3.05, 3.63) is 77.9 Å². The molecule has 180 valence electrons. The number of hydrogen-bond donors (Lipinski definition) is 2. The number of carbonyl (C=O) groups excluding carboxylic acids is 1. The molecule has 1 heterocycles. The van der Waals surface area contributed by atoms with Crippen LogP contribution in [0, 0.1) is 0 Å². The fourth-order valence-electron chi connectivity index (χ4n) is 4.63. The van der Waals surface area contributed by atoms with Crippen molar-refractivity contribution >= 4 is 22.6 Å². The number of carboxylic acids is 1. The number of rotatable bonds is 8. The van der Waals surface area contributed by atoms with Gasteiger partial charge in [-0.3, -0.25) is 9.59 Å². The normalized spacial score (nSPS) is 17.2. The lowest BCUT2D eigenvalue weighted by molar-refractivity contribution is -0.137. The third-order valence-electron chi connectivity index (χ3n) is 6.42. The summed E-state index contributed by atoms with van der Waals surface area (Å²) in [6, 6.07) is 17.3. The maximum absolute atomic E-state index is 12.3. The minimum atomic E-state index is -0.885. The molecule has 0 bridgehead atoms. The summed E-state index contributed by atoms with van der Waals surface area (Å²) in [5, 5.41) is 14.5. The molecule has 0 aromatic heterocycles. The first-order valence-electron chi connectivity index (χ1n) is 11.8. The van der Waals surface area contributed by atoms with E-state index in [0.29, 0.717) is 17.2 Å². The Morgan fingerprint density at radius 1 is 0.971 bits per heavy atom. The van der Waals surface area contributed by atoms with Crippen LogP contribution in [0.15, 0.2) is 66.7 Å². The molecule has 2 atom stereocenters. The van der Waals surface area contributed by atoms with Crippen LogP contribution >= 0.6 is 0 Å². The molecule has 1 aliphatic carbocycles. The summed E-state index contributed by atoms with van der Waals surface area (Å²) in [6.45, 7) is 0.112. The second-order valence-electron chi connectivity index (χ2n) is 8.87. The SMILES string of the molecule is O=C(O)CC(c1ccc2c(c1)OCO2)c1ccc2ccc(OCC(=O)NC3CC=CCC3)cc2c1. The Morgan fingerprint density at radius 3 is 2.60 bits per heavy atom. The van der Waals surface area contributed by atoms with Gasteiger partial charge >= 0.3 is 5.97 Å². The van der Waals surface area contributed by atoms with Crippen molar-refractivity contribution in [3.63, 3.8) is 0 Å². The molecule has 5 rings (SSSR count). The van der Waals surface area contributed by atoms with Crippen LogP contribution in [0.2, 0.25) is 0 Å². The van der Waals surface area contributed by atoms with Gasteiger partial charge in [0.15, 0.2) is 18.1 Å². The quantitative estimate of drug-likeness (QED) is 0.458. The van der Waals surface area contributed by atoms with Crippen LogP contribution < -0.4 is 19.5 Å². The fraction of sp³-hybridized carbons (Fsp3) is 0.286. The van der Waals surface area contributed by atoms with Gasteiger partial charge in [-0.05, 0) is 65.4 Å². The predicted octanol–water partition coefficient (Wildman–Crippen LogP) is 4.78. The van der Waals surface area contributed by atoms with Gasteiger partial charge in [-0.1, -0.05) is 42.5 Å². The standard InChI is InChI=1S/C28H27NO6/c30-27(29-22-4-2-1-3-5-22)16-33-23-10-8-18-6-7-19(12-21(18)13-23)24(15-28(31)32)20-9-11-25-26(14-20)35-17-34-25/h1-2,6-14,22,24H,3-5,15-17H2,(H,29,30)(H,31,32). The van der Waals surface area contributed by atoms with Crippen molar-refractivity contribution in [1.82, 2.24) is 5.32 Å². The molecule has 1 amide bonds. The highest BCUT2D eigenvalue weighted by Gasteiger charge is 2.22. The van der Waals surface area contributed by atoms with Crippen LogP contribution in [0.25, 0.3) is 10.8 Å². The Balaban J connectivity index is 1.34. The third kappa shape index (κ3) is 5.40. The Kier molecular flexibility index (Phi) is 6.57. The molecule has 1 aliphatic heterocycles. The van der Waals surface area contributed by atoms with E-state index < -0.39 is 5.97 Å². The number of nitrogens with one attached hydrogen (secondary N) is 1. The number of carbonyl (C=O) groups is 2. The van der Waals surface area contributed by atoms with E-state index in [1.54, 1.807) is 0 Å². The first-order valence-corrected chi connectivity index (χ1v) is 11.8. The monoisotopic (exact) mass is 473 g/mol. The minimum absolute atomic E-state index is 0.0513. The van der Waals surface area contributed by atoms with Crippen LogP contribution in [0.3, 0.4) is 0 Å². The van der Waals surface area contributed by atoms with Gasteiger partial charge in [-0.15, -0.1) is 0 Å². The van der Waals surface area contributed by atoms with Crippen molar-refractivity contribution in [2.75, 3.05) is 13.4 Å². The van der Waals surface area contributed by atoms with Gasteiger partial charge in [0.2, 0.25) is 6.79 Å². The van der Waals surface area contributed by atoms with E-state index in [-0.39, 0.29) is 37.7 Å². The second-order valence-corrected chi connectivity index (χ2v) is 8.87. The largest absolute Gasteiger partial charge is 0.484 e. The molecule has 3 aromatic rings. The third-order valence-corrected chi connectivity index (χ3v) is 6.42. The highest BCUT2D eigenvalue weighted by atomic mass is 16.7. The summed E-state index contributed by atoms with van der Waals surface area (Å²) in [4.78, 5) is 24.0. The van der Waals surface area contributed by atoms with Gasteiger partial charge in [-0.2, -0.15) is 0 Å². The van der Waals surface area contributed by atoms with Crippen LogP contribution in [0.1, 0.15) is 42.7 Å². The summed E-state index contributed by atoms with van der Waals surface area (Å²) in [7, 11) is 0. The predicted molar refractivity (Wildman–Crippen MR) is 131 cm³/mol. The number of hydrogen-bond acceptors (Lipinski definition) is 5. The van der Waals surface area contributed by atoms with E-state index in [2.05, 4.69) is 17.5 Å². The molecule has 2 N–H and O–H groups in total. The summed E-state index contributed by atoms with van der Waals surface area (Å²) < 4.78 is 16.6. The molecule has 0 radical (unpaired) electrons. The van der Waals surface area contributed by atoms with Gasteiger partial charge in [0.05, 0.1) is 6.42 Å². The van der Waals surface area contributed by atoms with Crippen LogP contribution in [0.4, 0.5) is 0 Å². The minimum Gasteiger partial charge on any atom is -0.484 e. The maximum Gasteiger partial charge on any atom is 0.304 e. The zero-order chi connectivity index (χ0) is 24.2. The van der Waals surface area contributed by atoms with Crippen molar-refractivity contribution in [3.8, 4) is 17.2 Å². The van der Waals surface area contributed by atoms with Crippen molar-refractivity contribution in [2.45, 2.75) is 37.6 Å². The van der Waals surface area contributed by atoms with Gasteiger partial charge in [0.25, 0.3) is 5.91 Å². The first kappa shape index (κ1) is 22.8. The topological polar surface area (TPSA) is 94.1 Å². The van der Waals surface area contributed by atoms with E-state index in [0.717, 1.165) is 41.2 Å². The van der Waals surface area contributed by atoms with E-state index in [9.17, 15) is 14.7 Å².